The Balaban J connectivity index is 4.10. The summed E-state index contributed by atoms with van der Waals surface area (Å²) in [6.07, 6.45) is 59.6. The summed E-state index contributed by atoms with van der Waals surface area (Å²) in [7, 11) is 0. The van der Waals surface area contributed by atoms with Gasteiger partial charge < -0.3 is 9.84 Å². The van der Waals surface area contributed by atoms with Crippen LogP contribution in [0.25, 0.3) is 0 Å². The van der Waals surface area contributed by atoms with Crippen molar-refractivity contribution in [2.45, 2.75) is 232 Å². The summed E-state index contributed by atoms with van der Waals surface area (Å²) in [5.74, 6) is -0.729. The van der Waals surface area contributed by atoms with E-state index in [1.54, 1.807) is 0 Å². The van der Waals surface area contributed by atoms with Gasteiger partial charge in [-0.05, 0) is 109 Å². The van der Waals surface area contributed by atoms with Gasteiger partial charge in [0.2, 0.25) is 0 Å². The summed E-state index contributed by atoms with van der Waals surface area (Å²) in [6, 6.07) is 0. The third-order valence-electron chi connectivity index (χ3n) is 9.71. The fraction of sp³-hybridized carbons (Fsp3) is 0.750. The van der Waals surface area contributed by atoms with E-state index in [0.717, 1.165) is 96.3 Å². The minimum absolute atomic E-state index is 0.0226. The summed E-state index contributed by atoms with van der Waals surface area (Å²) < 4.78 is 6.01. The number of hydrogen-bond donors (Lipinski definition) is 1. The zero-order valence-corrected chi connectivity index (χ0v) is 34.4. The third-order valence-corrected chi connectivity index (χ3v) is 9.71. The van der Waals surface area contributed by atoms with Crippen molar-refractivity contribution in [3.63, 3.8) is 0 Å². The van der Waals surface area contributed by atoms with Crippen molar-refractivity contribution in [3.05, 3.63) is 60.8 Å². The molecule has 0 aliphatic carbocycles. The molecule has 0 amide bonds. The molecule has 0 aromatic rings. The van der Waals surface area contributed by atoms with Crippen LogP contribution in [0.4, 0.5) is 0 Å². The van der Waals surface area contributed by atoms with Gasteiger partial charge in [-0.15, -0.1) is 0 Å². The van der Waals surface area contributed by atoms with Crippen LogP contribution in [0, 0.1) is 0 Å². The van der Waals surface area contributed by atoms with E-state index in [0.29, 0.717) is 6.42 Å². The lowest BCUT2D eigenvalue weighted by molar-refractivity contribution is -0.150. The summed E-state index contributed by atoms with van der Waals surface area (Å²) in [4.78, 5) is 23.5. The lowest BCUT2D eigenvalue weighted by Gasteiger charge is -2.18. The molecule has 0 bridgehead atoms. The predicted octanol–water partition coefficient (Wildman–Crippen LogP) is 15.7. The maximum absolute atomic E-state index is 12.7. The zero-order chi connectivity index (χ0) is 37.8. The fourth-order valence-electron chi connectivity index (χ4n) is 6.40. The Labute approximate surface area is 323 Å². The quantitative estimate of drug-likeness (QED) is 0.0388. The molecule has 0 saturated heterocycles. The van der Waals surface area contributed by atoms with E-state index in [2.05, 4.69) is 74.6 Å². The molecule has 0 aromatic carbocycles. The van der Waals surface area contributed by atoms with Crippen LogP contribution in [0.3, 0.4) is 0 Å². The average molecular weight is 725 g/mol. The molecule has 1 atom stereocenters. The first-order chi connectivity index (χ1) is 25.6. The monoisotopic (exact) mass is 725 g/mol. The number of allylic oxidation sites excluding steroid dienone is 10. The second-order valence-electron chi connectivity index (χ2n) is 14.9. The Morgan fingerprint density at radius 2 is 0.750 bits per heavy atom. The molecule has 0 fully saturated rings. The van der Waals surface area contributed by atoms with E-state index in [1.165, 1.54) is 103 Å². The molecule has 0 rings (SSSR count). The summed E-state index contributed by atoms with van der Waals surface area (Å²) in [5, 5.41) is 8.85. The van der Waals surface area contributed by atoms with Gasteiger partial charge in [0.15, 0.2) is 0 Å². The molecule has 0 aliphatic rings. The Morgan fingerprint density at radius 1 is 0.423 bits per heavy atom. The first kappa shape index (κ1) is 49.6. The molecule has 0 radical (unpaired) electrons. The maximum Gasteiger partial charge on any atom is 0.306 e. The van der Waals surface area contributed by atoms with E-state index in [4.69, 9.17) is 9.84 Å². The van der Waals surface area contributed by atoms with Gasteiger partial charge in [-0.25, -0.2) is 0 Å². The molecule has 300 valence electrons. The smallest absolute Gasteiger partial charge is 0.306 e. The average Bonchev–Trinajstić information content (AvgIpc) is 3.13. The molecule has 0 aromatic heterocycles. The van der Waals surface area contributed by atoms with E-state index in [1.807, 2.05) is 0 Å². The van der Waals surface area contributed by atoms with E-state index < -0.39 is 5.97 Å². The minimum Gasteiger partial charge on any atom is -0.481 e. The van der Waals surface area contributed by atoms with Gasteiger partial charge in [0.1, 0.15) is 6.10 Å². The molecule has 4 heteroatoms. The lowest BCUT2D eigenvalue weighted by Crippen LogP contribution is -2.18. The lowest BCUT2D eigenvalue weighted by atomic mass is 10.0. The van der Waals surface area contributed by atoms with Gasteiger partial charge in [0, 0.05) is 12.8 Å². The number of aliphatic carboxylic acids is 1. The number of carbonyl (C=O) groups is 2. The molecule has 0 saturated carbocycles. The largest absolute Gasteiger partial charge is 0.481 e. The van der Waals surface area contributed by atoms with Crippen LogP contribution in [0.15, 0.2) is 60.8 Å². The SMILES string of the molecule is CCCCC/C=C\C/C=C\C/C=C\CCCCCCCCC(=O)OC(CCCCC/C=C\C/C=C\CCCCCCC)CCCCCCCC(=O)O. The number of carboxylic acid groups (broad SMARTS) is 1. The number of carboxylic acids is 1. The Bertz CT molecular complexity index is 911. The van der Waals surface area contributed by atoms with Crippen molar-refractivity contribution >= 4 is 11.9 Å². The van der Waals surface area contributed by atoms with Crippen molar-refractivity contribution in [1.82, 2.24) is 0 Å². The predicted molar refractivity (Wildman–Crippen MR) is 227 cm³/mol. The number of ether oxygens (including phenoxy) is 1. The highest BCUT2D eigenvalue weighted by Crippen LogP contribution is 2.18. The molecule has 1 N–H and O–H groups in total. The number of unbranched alkanes of at least 4 members (excludes halogenated alkanes) is 21. The zero-order valence-electron chi connectivity index (χ0n) is 34.4. The van der Waals surface area contributed by atoms with Crippen LogP contribution in [-0.2, 0) is 14.3 Å². The number of carbonyl (C=O) groups excluding carboxylic acids is 1. The normalized spacial score (nSPS) is 12.8. The molecule has 4 nitrogen and oxygen atoms in total. The van der Waals surface area contributed by atoms with Crippen LogP contribution in [-0.4, -0.2) is 23.1 Å². The number of hydrogen-bond acceptors (Lipinski definition) is 3. The van der Waals surface area contributed by atoms with E-state index in [-0.39, 0.29) is 18.5 Å². The standard InChI is InChI=1S/C48H84O4/c1-3-5-7-9-11-13-15-17-19-20-21-22-24-26-28-30-32-37-41-45-48(51)52-46(43-39-35-33-36-40-44-47(49)50)42-38-34-31-29-27-25-23-18-16-14-12-10-8-6-4-2/h11,13,16-19,21-22,25,27,46H,3-10,12,14-15,20,23-24,26,28-45H2,1-2H3,(H,49,50)/b13-11-,18-16-,19-17-,22-21-,27-25-. The summed E-state index contributed by atoms with van der Waals surface area (Å²) in [6.45, 7) is 4.51. The van der Waals surface area contributed by atoms with Crippen LogP contribution in [0.2, 0.25) is 0 Å². The highest BCUT2D eigenvalue weighted by molar-refractivity contribution is 5.69. The van der Waals surface area contributed by atoms with Crippen molar-refractivity contribution in [2.75, 3.05) is 0 Å². The molecular formula is C48H84O4. The van der Waals surface area contributed by atoms with E-state index in [9.17, 15) is 9.59 Å². The van der Waals surface area contributed by atoms with Gasteiger partial charge in [0.05, 0.1) is 0 Å². The van der Waals surface area contributed by atoms with Gasteiger partial charge in [-0.1, -0.05) is 164 Å². The molecule has 0 aliphatic heterocycles. The highest BCUT2D eigenvalue weighted by Gasteiger charge is 2.14. The molecule has 0 heterocycles. The third kappa shape index (κ3) is 42.1. The van der Waals surface area contributed by atoms with Crippen LogP contribution < -0.4 is 0 Å². The first-order valence-corrected chi connectivity index (χ1v) is 22.3. The first-order valence-electron chi connectivity index (χ1n) is 22.3. The van der Waals surface area contributed by atoms with Gasteiger partial charge >= 0.3 is 11.9 Å². The number of rotatable bonds is 40. The Morgan fingerprint density at radius 3 is 1.21 bits per heavy atom. The Kier molecular flexibility index (Phi) is 41.1. The van der Waals surface area contributed by atoms with Crippen molar-refractivity contribution < 1.29 is 19.4 Å². The fourth-order valence-corrected chi connectivity index (χ4v) is 6.40. The summed E-state index contributed by atoms with van der Waals surface area (Å²) in [5.41, 5.74) is 0. The van der Waals surface area contributed by atoms with Gasteiger partial charge in [-0.2, -0.15) is 0 Å². The molecule has 0 spiro atoms. The molecule has 1 unspecified atom stereocenters. The van der Waals surface area contributed by atoms with Crippen molar-refractivity contribution in [1.29, 1.82) is 0 Å². The Hall–Kier alpha value is -2.36. The van der Waals surface area contributed by atoms with Crippen LogP contribution in [0.5, 0.6) is 0 Å². The minimum atomic E-state index is -0.707. The van der Waals surface area contributed by atoms with E-state index >= 15 is 0 Å². The molecule has 52 heavy (non-hydrogen) atoms. The van der Waals surface area contributed by atoms with Crippen molar-refractivity contribution in [2.24, 2.45) is 0 Å². The van der Waals surface area contributed by atoms with Crippen LogP contribution in [0.1, 0.15) is 226 Å². The second-order valence-corrected chi connectivity index (χ2v) is 14.9. The highest BCUT2D eigenvalue weighted by atomic mass is 16.5. The molecular weight excluding hydrogens is 641 g/mol. The van der Waals surface area contributed by atoms with Gasteiger partial charge in [-0.3, -0.25) is 9.59 Å². The number of esters is 1. The summed E-state index contributed by atoms with van der Waals surface area (Å²) >= 11 is 0. The maximum atomic E-state index is 12.7. The second kappa shape index (κ2) is 43.0. The van der Waals surface area contributed by atoms with Gasteiger partial charge in [0.25, 0.3) is 0 Å². The topological polar surface area (TPSA) is 63.6 Å². The van der Waals surface area contributed by atoms with Crippen molar-refractivity contribution in [3.8, 4) is 0 Å². The van der Waals surface area contributed by atoms with Crippen LogP contribution >= 0.6 is 0 Å².